The second-order valence-electron chi connectivity index (χ2n) is 12.7. The van der Waals surface area contributed by atoms with Crippen molar-refractivity contribution in [2.45, 2.75) is 32.0 Å². The van der Waals surface area contributed by atoms with E-state index in [0.29, 0.717) is 46.7 Å². The van der Waals surface area contributed by atoms with Crippen LogP contribution in [0, 0.1) is 11.6 Å². The highest BCUT2D eigenvalue weighted by molar-refractivity contribution is 5.71. The van der Waals surface area contributed by atoms with Gasteiger partial charge in [0, 0.05) is 73.7 Å². The van der Waals surface area contributed by atoms with E-state index in [0.717, 1.165) is 66.0 Å². The van der Waals surface area contributed by atoms with Crippen molar-refractivity contribution in [1.82, 2.24) is 14.9 Å². The fraction of sp³-hybridized carbons (Fsp3) is 0.317. The third-order valence-corrected chi connectivity index (χ3v) is 9.57. The maximum atomic E-state index is 14.6. The third kappa shape index (κ3) is 8.23. The quantitative estimate of drug-likeness (QED) is 0.113. The molecule has 12 heteroatoms. The van der Waals surface area contributed by atoms with Gasteiger partial charge in [-0.1, -0.05) is 0 Å². The largest absolute Gasteiger partial charge is 0.493 e. The summed E-state index contributed by atoms with van der Waals surface area (Å²) < 4.78 is 62.0. The van der Waals surface area contributed by atoms with Crippen LogP contribution in [0.4, 0.5) is 14.5 Å². The van der Waals surface area contributed by atoms with E-state index in [9.17, 15) is 8.78 Å². The lowest BCUT2D eigenvalue weighted by atomic mass is 9.99. The average Bonchev–Trinajstić information content (AvgIpc) is 3.20. The van der Waals surface area contributed by atoms with Crippen LogP contribution in [0.15, 0.2) is 79.3 Å². The highest BCUT2D eigenvalue weighted by atomic mass is 19.2. The molecule has 0 saturated carbocycles. The van der Waals surface area contributed by atoms with E-state index in [1.54, 1.807) is 61.1 Å². The Morgan fingerprint density at radius 2 is 1.25 bits per heavy atom. The number of piperidine rings is 1. The second kappa shape index (κ2) is 16.8. The Morgan fingerprint density at radius 3 is 1.81 bits per heavy atom. The zero-order valence-electron chi connectivity index (χ0n) is 30.8. The number of anilines is 1. The normalized spacial score (nSPS) is 13.4. The molecule has 1 aliphatic heterocycles. The lowest BCUT2D eigenvalue weighted by Gasteiger charge is -2.40. The van der Waals surface area contributed by atoms with Crippen molar-refractivity contribution in [1.29, 1.82) is 0 Å². The van der Waals surface area contributed by atoms with E-state index in [1.807, 2.05) is 42.6 Å². The van der Waals surface area contributed by atoms with Crippen LogP contribution in [0.2, 0.25) is 0 Å². The number of benzene rings is 3. The van der Waals surface area contributed by atoms with Crippen molar-refractivity contribution in [3.8, 4) is 56.9 Å². The van der Waals surface area contributed by atoms with Crippen LogP contribution in [0.5, 0.6) is 34.5 Å². The lowest BCUT2D eigenvalue weighted by molar-refractivity contribution is 0.201. The van der Waals surface area contributed by atoms with E-state index in [4.69, 9.17) is 28.4 Å². The maximum absolute atomic E-state index is 14.6. The van der Waals surface area contributed by atoms with Crippen LogP contribution in [-0.2, 0) is 13.1 Å². The fourth-order valence-corrected chi connectivity index (χ4v) is 6.88. The van der Waals surface area contributed by atoms with E-state index < -0.39 is 11.6 Å². The lowest BCUT2D eigenvalue weighted by Crippen LogP contribution is -2.44. The van der Waals surface area contributed by atoms with Gasteiger partial charge in [0.2, 0.25) is 11.5 Å². The summed E-state index contributed by atoms with van der Waals surface area (Å²) in [5, 5.41) is 0. The first-order valence-corrected chi connectivity index (χ1v) is 17.2. The number of hydrogen-bond donors (Lipinski definition) is 0. The summed E-state index contributed by atoms with van der Waals surface area (Å²) in [6.07, 6.45) is 7.04. The molecule has 53 heavy (non-hydrogen) atoms. The standard InChI is InChI=1S/C41H44F2N4O6/c1-48-36-17-28(18-37(49-2)40(36)52-5)30-15-27(22-44-23-30)25-47(32-7-8-33(42)34(43)21-32)31-10-13-46(14-11-31)24-26-9-12-45-35(16-26)29-19-38(50-3)41(53-6)39(20-29)51-4/h7-9,12,15-23,31H,10-11,13-14,24-25H2,1-6H3. The first-order chi connectivity index (χ1) is 25.8. The Labute approximate surface area is 308 Å². The van der Waals surface area contributed by atoms with Crippen molar-refractivity contribution in [2.75, 3.05) is 60.6 Å². The molecular formula is C41H44F2N4O6. The van der Waals surface area contributed by atoms with Crippen molar-refractivity contribution < 1.29 is 37.2 Å². The predicted octanol–water partition coefficient (Wildman–Crippen LogP) is 7.81. The van der Waals surface area contributed by atoms with Crippen molar-refractivity contribution in [2.24, 2.45) is 0 Å². The molecule has 0 atom stereocenters. The van der Waals surface area contributed by atoms with Gasteiger partial charge in [0.25, 0.3) is 0 Å². The van der Waals surface area contributed by atoms with E-state index in [2.05, 4.69) is 25.8 Å². The minimum absolute atomic E-state index is 0.0770. The molecule has 278 valence electrons. The van der Waals surface area contributed by atoms with Gasteiger partial charge in [-0.2, -0.15) is 0 Å². The Hall–Kier alpha value is -5.62. The van der Waals surface area contributed by atoms with Gasteiger partial charge in [0.1, 0.15) is 0 Å². The molecule has 0 N–H and O–H groups in total. The number of ether oxygens (including phenoxy) is 6. The van der Waals surface area contributed by atoms with Gasteiger partial charge in [-0.3, -0.25) is 14.9 Å². The number of nitrogens with zero attached hydrogens (tertiary/aromatic N) is 4. The van der Waals surface area contributed by atoms with Gasteiger partial charge >= 0.3 is 0 Å². The molecule has 0 aliphatic carbocycles. The maximum Gasteiger partial charge on any atom is 0.203 e. The Kier molecular flexibility index (Phi) is 11.8. The molecule has 0 amide bonds. The topological polar surface area (TPSA) is 87.6 Å². The molecule has 3 aromatic carbocycles. The number of halogens is 2. The summed E-state index contributed by atoms with van der Waals surface area (Å²) in [6, 6.07) is 17.9. The minimum Gasteiger partial charge on any atom is -0.493 e. The van der Waals surface area contributed by atoms with Crippen LogP contribution < -0.4 is 33.3 Å². The molecule has 2 aromatic heterocycles. The molecule has 6 rings (SSSR count). The molecule has 0 unspecified atom stereocenters. The van der Waals surface area contributed by atoms with Gasteiger partial charge in [-0.15, -0.1) is 0 Å². The number of methoxy groups -OCH3 is 6. The summed E-state index contributed by atoms with van der Waals surface area (Å²) in [6.45, 7) is 2.81. The van der Waals surface area contributed by atoms with E-state index >= 15 is 0 Å². The zero-order chi connectivity index (χ0) is 37.5. The van der Waals surface area contributed by atoms with Gasteiger partial charge < -0.3 is 33.3 Å². The molecule has 5 aromatic rings. The van der Waals surface area contributed by atoms with Crippen LogP contribution in [0.1, 0.15) is 24.0 Å². The summed E-state index contributed by atoms with van der Waals surface area (Å²) in [5.41, 5.74) is 5.99. The Balaban J connectivity index is 1.20. The molecule has 1 fully saturated rings. The van der Waals surface area contributed by atoms with Crippen molar-refractivity contribution >= 4 is 5.69 Å². The monoisotopic (exact) mass is 726 g/mol. The van der Waals surface area contributed by atoms with Gasteiger partial charge in [-0.25, -0.2) is 8.78 Å². The number of likely N-dealkylation sites (tertiary alicyclic amines) is 1. The second-order valence-corrected chi connectivity index (χ2v) is 12.7. The Bertz CT molecular complexity index is 1990. The zero-order valence-corrected chi connectivity index (χ0v) is 30.8. The predicted molar refractivity (Wildman–Crippen MR) is 199 cm³/mol. The third-order valence-electron chi connectivity index (χ3n) is 9.57. The molecular weight excluding hydrogens is 682 g/mol. The summed E-state index contributed by atoms with van der Waals surface area (Å²) in [4.78, 5) is 13.7. The number of aromatic nitrogens is 2. The first-order valence-electron chi connectivity index (χ1n) is 17.2. The number of rotatable bonds is 14. The number of hydrogen-bond acceptors (Lipinski definition) is 10. The van der Waals surface area contributed by atoms with Crippen molar-refractivity contribution in [3.05, 3.63) is 102 Å². The molecule has 1 aliphatic rings. The van der Waals surface area contributed by atoms with Crippen LogP contribution >= 0.6 is 0 Å². The van der Waals surface area contributed by atoms with Crippen LogP contribution in [-0.4, -0.2) is 76.7 Å². The van der Waals surface area contributed by atoms with E-state index in [-0.39, 0.29) is 6.04 Å². The summed E-state index contributed by atoms with van der Waals surface area (Å²) in [7, 11) is 9.48. The highest BCUT2D eigenvalue weighted by Gasteiger charge is 2.27. The molecule has 1 saturated heterocycles. The molecule has 10 nitrogen and oxygen atoms in total. The van der Waals surface area contributed by atoms with Gasteiger partial charge in [0.05, 0.1) is 48.4 Å². The number of pyridine rings is 2. The van der Waals surface area contributed by atoms with Gasteiger partial charge in [0.15, 0.2) is 34.6 Å². The Morgan fingerprint density at radius 1 is 0.642 bits per heavy atom. The van der Waals surface area contributed by atoms with Crippen LogP contribution in [0.25, 0.3) is 22.4 Å². The highest BCUT2D eigenvalue weighted by Crippen LogP contribution is 2.42. The molecule has 0 bridgehead atoms. The van der Waals surface area contributed by atoms with Gasteiger partial charge in [-0.05, 0) is 84.1 Å². The first kappa shape index (κ1) is 37.1. The van der Waals surface area contributed by atoms with Crippen molar-refractivity contribution in [3.63, 3.8) is 0 Å². The smallest absolute Gasteiger partial charge is 0.203 e. The fourth-order valence-electron chi connectivity index (χ4n) is 6.88. The van der Waals surface area contributed by atoms with Crippen LogP contribution in [0.3, 0.4) is 0 Å². The molecule has 0 spiro atoms. The SMILES string of the molecule is COc1cc(-c2cncc(CN(c3ccc(F)c(F)c3)C3CCN(Cc4ccnc(-c5cc(OC)c(OC)c(OC)c5)c4)CC3)c2)cc(OC)c1OC. The minimum atomic E-state index is -0.880. The van der Waals surface area contributed by atoms with E-state index in [1.165, 1.54) is 12.1 Å². The summed E-state index contributed by atoms with van der Waals surface area (Å²) in [5.74, 6) is 1.46. The summed E-state index contributed by atoms with van der Waals surface area (Å²) >= 11 is 0. The molecule has 3 heterocycles. The average molecular weight is 727 g/mol. The molecule has 0 radical (unpaired) electrons.